The standard InChI is InChI=1S/C9H11BrClNO/c1-9(2,13-3)8-6(10)4-5-7(11)12-8/h4-5H,1-3H3. The third-order valence-corrected chi connectivity index (χ3v) is 2.74. The number of hydrogen-bond donors (Lipinski definition) is 0. The number of hydrogen-bond acceptors (Lipinski definition) is 2. The number of nitrogens with zero attached hydrogens (tertiary/aromatic N) is 1. The highest BCUT2D eigenvalue weighted by Gasteiger charge is 2.24. The molecular weight excluding hydrogens is 253 g/mol. The van der Waals surface area contributed by atoms with Crippen molar-refractivity contribution in [2.24, 2.45) is 0 Å². The highest BCUT2D eigenvalue weighted by Crippen LogP contribution is 2.29. The summed E-state index contributed by atoms with van der Waals surface area (Å²) < 4.78 is 6.21. The molecule has 0 aliphatic rings. The zero-order valence-corrected chi connectivity index (χ0v) is 10.1. The number of halogens is 2. The summed E-state index contributed by atoms with van der Waals surface area (Å²) in [6, 6.07) is 3.60. The van der Waals surface area contributed by atoms with E-state index in [1.54, 1.807) is 13.2 Å². The van der Waals surface area contributed by atoms with Gasteiger partial charge in [-0.1, -0.05) is 11.6 Å². The van der Waals surface area contributed by atoms with Crippen LogP contribution in [0.1, 0.15) is 19.5 Å². The van der Waals surface area contributed by atoms with Gasteiger partial charge < -0.3 is 4.74 Å². The van der Waals surface area contributed by atoms with Gasteiger partial charge in [-0.05, 0) is 41.9 Å². The first-order valence-electron chi connectivity index (χ1n) is 3.85. The molecule has 0 aliphatic carbocycles. The second-order valence-electron chi connectivity index (χ2n) is 3.18. The first-order valence-corrected chi connectivity index (χ1v) is 5.02. The molecule has 0 unspecified atom stereocenters. The van der Waals surface area contributed by atoms with Gasteiger partial charge in [-0.25, -0.2) is 4.98 Å². The predicted octanol–water partition coefficient (Wildman–Crippen LogP) is 3.38. The van der Waals surface area contributed by atoms with Gasteiger partial charge in [0.25, 0.3) is 0 Å². The maximum Gasteiger partial charge on any atom is 0.129 e. The molecule has 0 atom stereocenters. The molecule has 72 valence electrons. The number of ether oxygens (including phenoxy) is 1. The minimum Gasteiger partial charge on any atom is -0.372 e. The van der Waals surface area contributed by atoms with Gasteiger partial charge in [0.15, 0.2) is 0 Å². The minimum absolute atomic E-state index is 0.427. The van der Waals surface area contributed by atoms with Crippen molar-refractivity contribution in [2.45, 2.75) is 19.4 Å². The Morgan fingerprint density at radius 3 is 2.62 bits per heavy atom. The highest BCUT2D eigenvalue weighted by atomic mass is 79.9. The van der Waals surface area contributed by atoms with E-state index in [4.69, 9.17) is 16.3 Å². The van der Waals surface area contributed by atoms with Crippen LogP contribution in [-0.2, 0) is 10.3 Å². The molecule has 0 fully saturated rings. The van der Waals surface area contributed by atoms with Crippen LogP contribution in [0.2, 0.25) is 5.15 Å². The van der Waals surface area contributed by atoms with Gasteiger partial charge in [-0.3, -0.25) is 0 Å². The van der Waals surface area contributed by atoms with E-state index in [0.717, 1.165) is 10.2 Å². The number of aromatic nitrogens is 1. The molecule has 0 saturated carbocycles. The zero-order chi connectivity index (χ0) is 10.1. The van der Waals surface area contributed by atoms with E-state index in [-0.39, 0.29) is 0 Å². The fourth-order valence-corrected chi connectivity index (χ4v) is 1.78. The van der Waals surface area contributed by atoms with Crippen LogP contribution < -0.4 is 0 Å². The smallest absolute Gasteiger partial charge is 0.129 e. The van der Waals surface area contributed by atoms with Crippen LogP contribution in [0.15, 0.2) is 16.6 Å². The van der Waals surface area contributed by atoms with Crippen molar-refractivity contribution in [3.05, 3.63) is 27.5 Å². The summed E-state index contributed by atoms with van der Waals surface area (Å²) >= 11 is 9.20. The van der Waals surface area contributed by atoms with Gasteiger partial charge in [0.1, 0.15) is 10.8 Å². The minimum atomic E-state index is -0.427. The second-order valence-corrected chi connectivity index (χ2v) is 4.42. The lowest BCUT2D eigenvalue weighted by Gasteiger charge is -2.23. The number of methoxy groups -OCH3 is 1. The molecule has 0 spiro atoms. The van der Waals surface area contributed by atoms with Gasteiger partial charge in [0, 0.05) is 11.6 Å². The van der Waals surface area contributed by atoms with Crippen molar-refractivity contribution in [1.82, 2.24) is 4.98 Å². The van der Waals surface area contributed by atoms with Gasteiger partial charge >= 0.3 is 0 Å². The van der Waals surface area contributed by atoms with Crippen molar-refractivity contribution < 1.29 is 4.74 Å². The van der Waals surface area contributed by atoms with Crippen LogP contribution >= 0.6 is 27.5 Å². The molecule has 0 aliphatic heterocycles. The molecule has 1 aromatic rings. The van der Waals surface area contributed by atoms with Crippen LogP contribution in [0.3, 0.4) is 0 Å². The predicted molar refractivity (Wildman–Crippen MR) is 57.0 cm³/mol. The summed E-state index contributed by atoms with van der Waals surface area (Å²) in [5, 5.41) is 0.475. The topological polar surface area (TPSA) is 22.1 Å². The normalized spacial score (nSPS) is 11.8. The van der Waals surface area contributed by atoms with Crippen molar-refractivity contribution in [1.29, 1.82) is 0 Å². The summed E-state index contributed by atoms with van der Waals surface area (Å²) in [6.45, 7) is 3.88. The molecule has 0 aromatic carbocycles. The Morgan fingerprint density at radius 2 is 2.08 bits per heavy atom. The molecule has 0 radical (unpaired) electrons. The quantitative estimate of drug-likeness (QED) is 0.764. The molecule has 0 N–H and O–H groups in total. The monoisotopic (exact) mass is 263 g/mol. The molecule has 0 amide bonds. The second kappa shape index (κ2) is 3.95. The molecule has 0 bridgehead atoms. The van der Waals surface area contributed by atoms with Crippen LogP contribution in [0.5, 0.6) is 0 Å². The first kappa shape index (κ1) is 11.0. The third kappa shape index (κ3) is 2.42. The summed E-state index contributed by atoms with van der Waals surface area (Å²) in [6.07, 6.45) is 0. The Bertz CT molecular complexity index is 314. The molecule has 1 rings (SSSR count). The molecule has 2 nitrogen and oxygen atoms in total. The van der Waals surface area contributed by atoms with Gasteiger partial charge in [0.2, 0.25) is 0 Å². The van der Waals surface area contributed by atoms with Crippen LogP contribution in [0.4, 0.5) is 0 Å². The summed E-state index contributed by atoms with van der Waals surface area (Å²) in [4.78, 5) is 4.21. The van der Waals surface area contributed by atoms with Crippen molar-refractivity contribution >= 4 is 27.5 Å². The average molecular weight is 265 g/mol. The van der Waals surface area contributed by atoms with E-state index in [1.165, 1.54) is 0 Å². The van der Waals surface area contributed by atoms with Gasteiger partial charge in [-0.2, -0.15) is 0 Å². The highest BCUT2D eigenvalue weighted by molar-refractivity contribution is 9.10. The molecule has 1 heterocycles. The van der Waals surface area contributed by atoms with Gasteiger partial charge in [-0.15, -0.1) is 0 Å². The molecule has 4 heteroatoms. The van der Waals surface area contributed by atoms with E-state index < -0.39 is 5.60 Å². The molecule has 1 aromatic heterocycles. The van der Waals surface area contributed by atoms with Crippen LogP contribution in [-0.4, -0.2) is 12.1 Å². The summed E-state index contributed by atoms with van der Waals surface area (Å²) in [5.41, 5.74) is 0.381. The average Bonchev–Trinajstić information content (AvgIpc) is 2.09. The van der Waals surface area contributed by atoms with Crippen molar-refractivity contribution in [3.63, 3.8) is 0 Å². The Balaban J connectivity index is 3.20. The Labute approximate surface area is 91.4 Å². The maximum atomic E-state index is 5.79. The van der Waals surface area contributed by atoms with Gasteiger partial charge in [0.05, 0.1) is 5.69 Å². The molecule has 0 saturated heterocycles. The maximum absolute atomic E-state index is 5.79. The molecule has 13 heavy (non-hydrogen) atoms. The zero-order valence-electron chi connectivity index (χ0n) is 7.77. The van der Waals surface area contributed by atoms with E-state index in [9.17, 15) is 0 Å². The molecular formula is C9H11BrClNO. The SMILES string of the molecule is COC(C)(C)c1nc(Cl)ccc1Br. The summed E-state index contributed by atoms with van der Waals surface area (Å²) in [7, 11) is 1.65. The first-order chi connectivity index (χ1) is 5.97. The number of pyridine rings is 1. The number of rotatable bonds is 2. The Kier molecular flexibility index (Phi) is 3.33. The van der Waals surface area contributed by atoms with Crippen LogP contribution in [0, 0.1) is 0 Å². The lowest BCUT2D eigenvalue weighted by atomic mass is 10.0. The fraction of sp³-hybridized carbons (Fsp3) is 0.444. The van der Waals surface area contributed by atoms with E-state index in [1.807, 2.05) is 19.9 Å². The largest absolute Gasteiger partial charge is 0.372 e. The Hall–Kier alpha value is -0.120. The van der Waals surface area contributed by atoms with E-state index in [2.05, 4.69) is 20.9 Å². The third-order valence-electron chi connectivity index (χ3n) is 1.89. The van der Waals surface area contributed by atoms with Crippen molar-refractivity contribution in [2.75, 3.05) is 7.11 Å². The van der Waals surface area contributed by atoms with Crippen molar-refractivity contribution in [3.8, 4) is 0 Å². The van der Waals surface area contributed by atoms with E-state index >= 15 is 0 Å². The summed E-state index contributed by atoms with van der Waals surface area (Å²) in [5.74, 6) is 0. The lowest BCUT2D eigenvalue weighted by molar-refractivity contribution is 0.0148. The Morgan fingerprint density at radius 1 is 1.46 bits per heavy atom. The fourth-order valence-electron chi connectivity index (χ4n) is 0.937. The lowest BCUT2D eigenvalue weighted by Crippen LogP contribution is -2.21. The van der Waals surface area contributed by atoms with E-state index in [0.29, 0.717) is 5.15 Å². The van der Waals surface area contributed by atoms with Crippen LogP contribution in [0.25, 0.3) is 0 Å².